The van der Waals surface area contributed by atoms with Crippen LogP contribution in [0.5, 0.6) is 17.2 Å². The normalized spacial score (nSPS) is 23.3. The highest BCUT2D eigenvalue weighted by atomic mass is 16.7. The van der Waals surface area contributed by atoms with Gasteiger partial charge in [0.15, 0.2) is 11.5 Å². The number of esters is 1. The van der Waals surface area contributed by atoms with Gasteiger partial charge in [0.1, 0.15) is 5.75 Å². The van der Waals surface area contributed by atoms with E-state index in [2.05, 4.69) is 5.32 Å². The maximum atomic E-state index is 12.8. The summed E-state index contributed by atoms with van der Waals surface area (Å²) in [6.45, 7) is 3.11. The Kier molecular flexibility index (Phi) is 4.90. The first-order valence-electron chi connectivity index (χ1n) is 9.14. The fourth-order valence-electron chi connectivity index (χ4n) is 3.88. The monoisotopic (exact) mass is 369 g/mol. The number of rotatable bonds is 5. The van der Waals surface area contributed by atoms with Crippen LogP contribution in [0.3, 0.4) is 0 Å². The molecule has 0 radical (unpaired) electrons. The molecule has 1 fully saturated rings. The molecule has 1 N–H and O–H groups in total. The highest BCUT2D eigenvalue weighted by Crippen LogP contribution is 2.43. The average molecular weight is 369 g/mol. The number of carbonyl (C=O) groups is 1. The summed E-state index contributed by atoms with van der Waals surface area (Å²) in [6.07, 6.45) is 0. The molecule has 2 heterocycles. The van der Waals surface area contributed by atoms with Crippen LogP contribution in [0.1, 0.15) is 30.0 Å². The van der Waals surface area contributed by atoms with E-state index in [0.29, 0.717) is 13.2 Å². The van der Waals surface area contributed by atoms with Crippen molar-refractivity contribution in [3.8, 4) is 17.2 Å². The zero-order valence-corrected chi connectivity index (χ0v) is 15.4. The van der Waals surface area contributed by atoms with Crippen molar-refractivity contribution in [2.75, 3.05) is 27.1 Å². The van der Waals surface area contributed by atoms with Crippen molar-refractivity contribution < 1.29 is 23.7 Å². The smallest absolute Gasteiger partial charge is 0.311 e. The minimum absolute atomic E-state index is 0.00866. The average Bonchev–Trinajstić information content (AvgIpc) is 3.34. The Balaban J connectivity index is 1.66. The first-order valence-corrected chi connectivity index (χ1v) is 9.14. The molecule has 4 rings (SSSR count). The van der Waals surface area contributed by atoms with Crippen LogP contribution >= 0.6 is 0 Å². The molecule has 3 atom stereocenters. The molecule has 27 heavy (non-hydrogen) atoms. The number of carbonyl (C=O) groups excluding carboxylic acids is 1. The Morgan fingerprint density at radius 2 is 1.85 bits per heavy atom. The van der Waals surface area contributed by atoms with Gasteiger partial charge in [-0.15, -0.1) is 0 Å². The first-order chi connectivity index (χ1) is 13.2. The van der Waals surface area contributed by atoms with Crippen LogP contribution in [0.4, 0.5) is 0 Å². The minimum atomic E-state index is -0.321. The first kappa shape index (κ1) is 17.7. The predicted molar refractivity (Wildman–Crippen MR) is 99.2 cm³/mol. The molecule has 6 nitrogen and oxygen atoms in total. The maximum Gasteiger partial charge on any atom is 0.311 e. The molecule has 2 unspecified atom stereocenters. The summed E-state index contributed by atoms with van der Waals surface area (Å²) >= 11 is 0. The summed E-state index contributed by atoms with van der Waals surface area (Å²) in [6, 6.07) is 13.6. The molecule has 0 aromatic heterocycles. The molecular weight excluding hydrogens is 346 g/mol. The fourth-order valence-corrected chi connectivity index (χ4v) is 3.88. The van der Waals surface area contributed by atoms with Crippen molar-refractivity contribution in [1.29, 1.82) is 0 Å². The Morgan fingerprint density at radius 1 is 1.11 bits per heavy atom. The van der Waals surface area contributed by atoms with Crippen LogP contribution in [0, 0.1) is 5.92 Å². The van der Waals surface area contributed by atoms with Gasteiger partial charge >= 0.3 is 5.97 Å². The third-order valence-corrected chi connectivity index (χ3v) is 5.21. The second-order valence-electron chi connectivity index (χ2n) is 6.66. The van der Waals surface area contributed by atoms with Crippen LogP contribution in [-0.4, -0.2) is 33.0 Å². The Hall–Kier alpha value is -2.73. The van der Waals surface area contributed by atoms with E-state index in [-0.39, 0.29) is 30.6 Å². The number of hydrogen-bond acceptors (Lipinski definition) is 6. The van der Waals surface area contributed by atoms with Crippen molar-refractivity contribution in [2.24, 2.45) is 5.92 Å². The largest absolute Gasteiger partial charge is 0.497 e. The van der Waals surface area contributed by atoms with Crippen molar-refractivity contribution in [3.05, 3.63) is 53.6 Å². The van der Waals surface area contributed by atoms with Gasteiger partial charge in [-0.2, -0.15) is 0 Å². The lowest BCUT2D eigenvalue weighted by Crippen LogP contribution is -2.27. The van der Waals surface area contributed by atoms with Gasteiger partial charge in [0.2, 0.25) is 6.79 Å². The summed E-state index contributed by atoms with van der Waals surface area (Å²) in [5, 5.41) is 3.50. The molecular formula is C21H23NO5. The van der Waals surface area contributed by atoms with Crippen LogP contribution in [0.2, 0.25) is 0 Å². The van der Waals surface area contributed by atoms with Gasteiger partial charge in [-0.05, 0) is 42.3 Å². The SMILES string of the molecule is CCOC(=O)[C@H]1C(c2ccc3c(c2)OCO3)CNC1c1ccc(OC)cc1. The van der Waals surface area contributed by atoms with E-state index in [4.69, 9.17) is 18.9 Å². The molecule has 6 heteroatoms. The highest BCUT2D eigenvalue weighted by Gasteiger charge is 2.43. The van der Waals surface area contributed by atoms with Gasteiger partial charge in [0.05, 0.1) is 19.6 Å². The number of hydrogen-bond donors (Lipinski definition) is 1. The number of methoxy groups -OCH3 is 1. The summed E-state index contributed by atoms with van der Waals surface area (Å²) in [5.41, 5.74) is 2.08. The Morgan fingerprint density at radius 3 is 2.59 bits per heavy atom. The minimum Gasteiger partial charge on any atom is -0.497 e. The second-order valence-corrected chi connectivity index (χ2v) is 6.66. The molecule has 142 valence electrons. The van der Waals surface area contributed by atoms with E-state index in [1.54, 1.807) is 7.11 Å². The van der Waals surface area contributed by atoms with E-state index in [1.807, 2.05) is 49.4 Å². The number of nitrogens with one attached hydrogen (secondary N) is 1. The van der Waals surface area contributed by atoms with Crippen LogP contribution in [0.25, 0.3) is 0 Å². The topological polar surface area (TPSA) is 66.0 Å². The number of benzene rings is 2. The summed E-state index contributed by atoms with van der Waals surface area (Å²) in [5.74, 6) is 1.74. The molecule has 0 aliphatic carbocycles. The third-order valence-electron chi connectivity index (χ3n) is 5.21. The zero-order chi connectivity index (χ0) is 18.8. The van der Waals surface area contributed by atoms with Crippen LogP contribution < -0.4 is 19.5 Å². The maximum absolute atomic E-state index is 12.8. The van der Waals surface area contributed by atoms with E-state index < -0.39 is 0 Å². The Labute approximate surface area is 158 Å². The quantitative estimate of drug-likeness (QED) is 0.818. The molecule has 0 bridgehead atoms. The van der Waals surface area contributed by atoms with Crippen molar-refractivity contribution in [2.45, 2.75) is 18.9 Å². The summed E-state index contributed by atoms with van der Waals surface area (Å²) in [7, 11) is 1.64. The van der Waals surface area contributed by atoms with Gasteiger partial charge in [-0.3, -0.25) is 4.79 Å². The summed E-state index contributed by atoms with van der Waals surface area (Å²) in [4.78, 5) is 12.8. The van der Waals surface area contributed by atoms with E-state index in [1.165, 1.54) is 0 Å². The van der Waals surface area contributed by atoms with Gasteiger partial charge in [0.25, 0.3) is 0 Å². The molecule has 1 saturated heterocycles. The van der Waals surface area contributed by atoms with Crippen molar-refractivity contribution in [3.63, 3.8) is 0 Å². The van der Waals surface area contributed by atoms with Gasteiger partial charge < -0.3 is 24.3 Å². The zero-order valence-electron chi connectivity index (χ0n) is 15.4. The van der Waals surface area contributed by atoms with E-state index in [0.717, 1.165) is 28.4 Å². The van der Waals surface area contributed by atoms with Gasteiger partial charge in [0, 0.05) is 18.5 Å². The molecule has 0 amide bonds. The van der Waals surface area contributed by atoms with Gasteiger partial charge in [-0.1, -0.05) is 18.2 Å². The third kappa shape index (κ3) is 3.32. The molecule has 2 aliphatic heterocycles. The van der Waals surface area contributed by atoms with E-state index in [9.17, 15) is 4.79 Å². The van der Waals surface area contributed by atoms with Crippen LogP contribution in [0.15, 0.2) is 42.5 Å². The highest BCUT2D eigenvalue weighted by molar-refractivity contribution is 5.76. The molecule has 0 saturated carbocycles. The molecule has 0 spiro atoms. The van der Waals surface area contributed by atoms with Crippen molar-refractivity contribution >= 4 is 5.97 Å². The number of ether oxygens (including phenoxy) is 4. The van der Waals surface area contributed by atoms with Crippen molar-refractivity contribution in [1.82, 2.24) is 5.32 Å². The lowest BCUT2D eigenvalue weighted by Gasteiger charge is -2.23. The lowest BCUT2D eigenvalue weighted by atomic mass is 9.83. The second kappa shape index (κ2) is 7.48. The van der Waals surface area contributed by atoms with E-state index >= 15 is 0 Å². The fraction of sp³-hybridized carbons (Fsp3) is 0.381. The molecule has 2 aromatic rings. The standard InChI is InChI=1S/C21H23NO5/c1-3-25-21(23)19-16(14-6-9-17-18(10-14)27-12-26-17)11-22-20(19)13-4-7-15(24-2)8-5-13/h4-10,16,19-20,22H,3,11-12H2,1-2H3/t16?,19-,20?/m0/s1. The molecule has 2 aromatic carbocycles. The summed E-state index contributed by atoms with van der Waals surface area (Å²) < 4.78 is 21.6. The predicted octanol–water partition coefficient (Wildman–Crippen LogP) is 3.03. The van der Waals surface area contributed by atoms with Crippen LogP contribution in [-0.2, 0) is 9.53 Å². The molecule has 2 aliphatic rings. The number of fused-ring (bicyclic) bond motifs is 1. The van der Waals surface area contributed by atoms with Gasteiger partial charge in [-0.25, -0.2) is 0 Å². The Bertz CT molecular complexity index is 820. The lowest BCUT2D eigenvalue weighted by molar-refractivity contribution is -0.148.